The summed E-state index contributed by atoms with van der Waals surface area (Å²) < 4.78 is 13.7. The molecule has 0 radical (unpaired) electrons. The number of hydrogen-bond acceptors (Lipinski definition) is 7. The number of aromatic nitrogens is 5. The number of H-pyrrole nitrogens is 1. The van der Waals surface area contributed by atoms with Crippen LogP contribution in [0.3, 0.4) is 0 Å². The van der Waals surface area contributed by atoms with Crippen LogP contribution in [0.15, 0.2) is 61.2 Å². The van der Waals surface area contributed by atoms with E-state index in [0.29, 0.717) is 36.2 Å². The molecule has 0 bridgehead atoms. The number of imidazole rings is 1. The summed E-state index contributed by atoms with van der Waals surface area (Å²) in [7, 11) is 0. The van der Waals surface area contributed by atoms with E-state index in [1.54, 1.807) is 12.4 Å². The Morgan fingerprint density at radius 3 is 2.83 bits per heavy atom. The fourth-order valence-electron chi connectivity index (χ4n) is 3.68. The highest BCUT2D eigenvalue weighted by molar-refractivity contribution is 5.84. The minimum atomic E-state index is -0.351. The van der Waals surface area contributed by atoms with Gasteiger partial charge in [0, 0.05) is 46.7 Å². The van der Waals surface area contributed by atoms with Crippen LogP contribution in [0.1, 0.15) is 20.8 Å². The standard InChI is InChI=1S/C26H28N6O3/c1-4-34-23-12-19(7-8-22(23)35-16-26(2,3)15-33)29-24-25-27-9-10-32(25)14-21(30-24)17-5-6-18-13-28-31-20(18)11-17/h5-14,33H,4,15-16H2,1-3H3,(H,28,31)(H,29,30). The van der Waals surface area contributed by atoms with Crippen molar-refractivity contribution >= 4 is 28.1 Å². The van der Waals surface area contributed by atoms with Gasteiger partial charge >= 0.3 is 0 Å². The molecule has 0 aliphatic heterocycles. The summed E-state index contributed by atoms with van der Waals surface area (Å²) in [6.07, 6.45) is 7.39. The number of aromatic amines is 1. The van der Waals surface area contributed by atoms with Gasteiger partial charge in [0.1, 0.15) is 0 Å². The zero-order chi connectivity index (χ0) is 24.4. The summed E-state index contributed by atoms with van der Waals surface area (Å²) in [6, 6.07) is 11.7. The zero-order valence-electron chi connectivity index (χ0n) is 19.9. The van der Waals surface area contributed by atoms with E-state index in [0.717, 1.165) is 27.8 Å². The van der Waals surface area contributed by atoms with Crippen molar-refractivity contribution in [2.75, 3.05) is 25.1 Å². The summed E-state index contributed by atoms with van der Waals surface area (Å²) in [5.41, 5.74) is 3.86. The molecule has 0 aliphatic carbocycles. The quantitative estimate of drug-likeness (QED) is 0.282. The van der Waals surface area contributed by atoms with Crippen LogP contribution < -0.4 is 14.8 Å². The van der Waals surface area contributed by atoms with Gasteiger partial charge in [-0.15, -0.1) is 0 Å². The molecule has 0 saturated heterocycles. The van der Waals surface area contributed by atoms with Crippen LogP contribution in [0.4, 0.5) is 11.5 Å². The number of hydrogen-bond donors (Lipinski definition) is 3. The number of aliphatic hydroxyl groups is 1. The number of nitrogens with one attached hydrogen (secondary N) is 2. The van der Waals surface area contributed by atoms with Gasteiger partial charge in [0.2, 0.25) is 0 Å². The first kappa shape index (κ1) is 22.7. The average molecular weight is 473 g/mol. The monoisotopic (exact) mass is 472 g/mol. The molecule has 9 nitrogen and oxygen atoms in total. The molecule has 0 aliphatic rings. The molecular formula is C26H28N6O3. The number of rotatable bonds is 9. The number of ether oxygens (including phenoxy) is 2. The van der Waals surface area contributed by atoms with Gasteiger partial charge in [-0.3, -0.25) is 5.10 Å². The van der Waals surface area contributed by atoms with E-state index in [9.17, 15) is 5.11 Å². The van der Waals surface area contributed by atoms with Crippen molar-refractivity contribution in [2.24, 2.45) is 5.41 Å². The Bertz CT molecular complexity index is 1470. The highest BCUT2D eigenvalue weighted by atomic mass is 16.5. The molecular weight excluding hydrogens is 444 g/mol. The maximum Gasteiger partial charge on any atom is 0.180 e. The van der Waals surface area contributed by atoms with Gasteiger partial charge in [0.15, 0.2) is 23.0 Å². The Kier molecular flexibility index (Phi) is 6.00. The van der Waals surface area contributed by atoms with E-state index in [4.69, 9.17) is 14.5 Å². The van der Waals surface area contributed by atoms with Crippen LogP contribution in [0.25, 0.3) is 27.8 Å². The second-order valence-corrected chi connectivity index (χ2v) is 9.14. The smallest absolute Gasteiger partial charge is 0.180 e. The van der Waals surface area contributed by atoms with Gasteiger partial charge in [-0.2, -0.15) is 5.10 Å². The molecule has 0 spiro atoms. The molecule has 3 N–H and O–H groups in total. The Balaban J connectivity index is 1.47. The third-order valence-electron chi connectivity index (χ3n) is 5.66. The van der Waals surface area contributed by atoms with Crippen molar-refractivity contribution in [3.8, 4) is 22.8 Å². The van der Waals surface area contributed by atoms with Gasteiger partial charge in [-0.25, -0.2) is 9.97 Å². The van der Waals surface area contributed by atoms with Crippen molar-refractivity contribution in [3.05, 3.63) is 61.2 Å². The molecule has 9 heteroatoms. The molecule has 180 valence electrons. The van der Waals surface area contributed by atoms with Crippen molar-refractivity contribution < 1.29 is 14.6 Å². The summed E-state index contributed by atoms with van der Waals surface area (Å²) in [5.74, 6) is 1.86. The van der Waals surface area contributed by atoms with Gasteiger partial charge in [-0.1, -0.05) is 26.0 Å². The Labute approximate surface area is 202 Å². The highest BCUT2D eigenvalue weighted by Gasteiger charge is 2.19. The number of anilines is 2. The fourth-order valence-corrected chi connectivity index (χ4v) is 3.68. The van der Waals surface area contributed by atoms with Crippen molar-refractivity contribution in [1.82, 2.24) is 24.6 Å². The maximum atomic E-state index is 9.53. The van der Waals surface area contributed by atoms with Crippen molar-refractivity contribution in [3.63, 3.8) is 0 Å². The summed E-state index contributed by atoms with van der Waals surface area (Å²) in [5, 5.41) is 21.1. The lowest BCUT2D eigenvalue weighted by molar-refractivity contribution is 0.0954. The zero-order valence-corrected chi connectivity index (χ0v) is 19.9. The third kappa shape index (κ3) is 4.76. The lowest BCUT2D eigenvalue weighted by atomic mass is 9.96. The SMILES string of the molecule is CCOc1cc(Nc2nc(-c3ccc4cn[nH]c4c3)cn3ccnc23)ccc1OCC(C)(C)CO. The van der Waals surface area contributed by atoms with Crippen molar-refractivity contribution in [2.45, 2.75) is 20.8 Å². The van der Waals surface area contributed by atoms with Crippen LogP contribution in [0, 0.1) is 5.41 Å². The number of nitrogens with zero attached hydrogens (tertiary/aromatic N) is 4. The molecule has 0 amide bonds. The first-order chi connectivity index (χ1) is 17.0. The van der Waals surface area contributed by atoms with Gasteiger partial charge in [0.25, 0.3) is 0 Å². The maximum absolute atomic E-state index is 9.53. The Morgan fingerprint density at radius 2 is 2.00 bits per heavy atom. The minimum Gasteiger partial charge on any atom is -0.490 e. The van der Waals surface area contributed by atoms with Gasteiger partial charge < -0.3 is 24.3 Å². The average Bonchev–Trinajstić information content (AvgIpc) is 3.53. The molecule has 3 aromatic heterocycles. The number of benzene rings is 2. The van der Waals surface area contributed by atoms with E-state index in [2.05, 4.69) is 20.5 Å². The molecule has 3 heterocycles. The van der Waals surface area contributed by atoms with E-state index >= 15 is 0 Å². The minimum absolute atomic E-state index is 0.0340. The van der Waals surface area contributed by atoms with Crippen LogP contribution in [-0.2, 0) is 0 Å². The predicted octanol–water partition coefficient (Wildman–Crippen LogP) is 4.81. The van der Waals surface area contributed by atoms with Crippen LogP contribution in [0.5, 0.6) is 11.5 Å². The lowest BCUT2D eigenvalue weighted by Crippen LogP contribution is -2.25. The van der Waals surface area contributed by atoms with E-state index < -0.39 is 0 Å². The molecule has 0 atom stereocenters. The number of aliphatic hydroxyl groups excluding tert-OH is 1. The molecule has 5 rings (SSSR count). The summed E-state index contributed by atoms with van der Waals surface area (Å²) in [6.45, 7) is 6.72. The highest BCUT2D eigenvalue weighted by Crippen LogP contribution is 2.34. The lowest BCUT2D eigenvalue weighted by Gasteiger charge is -2.23. The van der Waals surface area contributed by atoms with Gasteiger partial charge in [0.05, 0.1) is 37.2 Å². The van der Waals surface area contributed by atoms with Crippen LogP contribution in [-0.4, -0.2) is 49.5 Å². The van der Waals surface area contributed by atoms with Gasteiger partial charge in [-0.05, 0) is 25.1 Å². The van der Waals surface area contributed by atoms with E-state index in [1.807, 2.05) is 74.0 Å². The summed E-state index contributed by atoms with van der Waals surface area (Å²) >= 11 is 0. The first-order valence-electron chi connectivity index (χ1n) is 11.5. The van der Waals surface area contributed by atoms with Crippen molar-refractivity contribution in [1.29, 1.82) is 0 Å². The topological polar surface area (TPSA) is 110 Å². The third-order valence-corrected chi connectivity index (χ3v) is 5.66. The Hall–Kier alpha value is -4.11. The molecule has 2 aromatic carbocycles. The number of fused-ring (bicyclic) bond motifs is 2. The fraction of sp³-hybridized carbons (Fsp3) is 0.269. The molecule has 0 saturated carbocycles. The molecule has 5 aromatic rings. The van der Waals surface area contributed by atoms with Crippen LogP contribution >= 0.6 is 0 Å². The second kappa shape index (κ2) is 9.27. The van der Waals surface area contributed by atoms with E-state index in [-0.39, 0.29) is 12.0 Å². The Morgan fingerprint density at radius 1 is 1.11 bits per heavy atom. The molecule has 0 unspecified atom stereocenters. The summed E-state index contributed by atoms with van der Waals surface area (Å²) in [4.78, 5) is 9.35. The molecule has 35 heavy (non-hydrogen) atoms. The normalized spacial score (nSPS) is 11.8. The first-order valence-corrected chi connectivity index (χ1v) is 11.5. The largest absolute Gasteiger partial charge is 0.490 e. The van der Waals surface area contributed by atoms with Crippen LogP contribution in [0.2, 0.25) is 0 Å². The molecule has 0 fully saturated rings. The second-order valence-electron chi connectivity index (χ2n) is 9.14. The predicted molar refractivity (Wildman–Crippen MR) is 135 cm³/mol. The van der Waals surface area contributed by atoms with E-state index in [1.165, 1.54) is 0 Å².